The van der Waals surface area contributed by atoms with Gasteiger partial charge in [-0.3, -0.25) is 24.0 Å². The van der Waals surface area contributed by atoms with E-state index in [2.05, 4.69) is 5.32 Å². The summed E-state index contributed by atoms with van der Waals surface area (Å²) in [6, 6.07) is 18.9. The van der Waals surface area contributed by atoms with Crippen molar-refractivity contribution in [3.63, 3.8) is 0 Å². The van der Waals surface area contributed by atoms with Gasteiger partial charge >= 0.3 is 0 Å². The number of non-ortho nitro benzene ring substituents is 1. The lowest BCUT2D eigenvalue weighted by molar-refractivity contribution is -0.384. The van der Waals surface area contributed by atoms with Crippen LogP contribution in [0.3, 0.4) is 0 Å². The molecule has 0 aliphatic heterocycles. The summed E-state index contributed by atoms with van der Waals surface area (Å²) in [5.74, 6) is -0.988. The van der Waals surface area contributed by atoms with E-state index in [1.807, 2.05) is 31.2 Å². The Hall–Kier alpha value is -4.25. The number of aryl methyl sites for hydroxylation is 1. The summed E-state index contributed by atoms with van der Waals surface area (Å²) in [5.41, 5.74) is 1.65. The molecule has 3 aromatic rings. The van der Waals surface area contributed by atoms with E-state index >= 15 is 0 Å². The quantitative estimate of drug-likeness (QED) is 0.282. The number of carbonyl (C=O) groups excluding carboxylic acids is 2. The minimum atomic E-state index is -4.24. The molecule has 0 saturated heterocycles. The van der Waals surface area contributed by atoms with E-state index in [9.17, 15) is 28.1 Å². The number of hydrogen-bond donors (Lipinski definition) is 1. The van der Waals surface area contributed by atoms with Gasteiger partial charge in [-0.1, -0.05) is 48.0 Å². The van der Waals surface area contributed by atoms with Crippen molar-refractivity contribution in [3.8, 4) is 0 Å². The van der Waals surface area contributed by atoms with Gasteiger partial charge in [0, 0.05) is 24.7 Å². The molecule has 206 valence electrons. The topological polar surface area (TPSA) is 130 Å². The van der Waals surface area contributed by atoms with E-state index in [0.29, 0.717) is 0 Å². The molecule has 39 heavy (non-hydrogen) atoms. The zero-order valence-corrected chi connectivity index (χ0v) is 23.1. The van der Waals surface area contributed by atoms with Crippen molar-refractivity contribution in [3.05, 3.63) is 100 Å². The van der Waals surface area contributed by atoms with Crippen molar-refractivity contribution in [1.29, 1.82) is 0 Å². The van der Waals surface area contributed by atoms with Crippen LogP contribution in [-0.2, 0) is 26.2 Å². The molecular formula is C28H32N4O6S. The van der Waals surface area contributed by atoms with Crippen LogP contribution in [0.2, 0.25) is 0 Å². The van der Waals surface area contributed by atoms with Gasteiger partial charge in [-0.25, -0.2) is 8.42 Å². The number of amides is 2. The molecule has 0 aliphatic carbocycles. The van der Waals surface area contributed by atoms with Crippen LogP contribution >= 0.6 is 0 Å². The molecule has 0 bridgehead atoms. The fraction of sp³-hybridized carbons (Fsp3) is 0.286. The second kappa shape index (κ2) is 12.5. The Kier molecular flexibility index (Phi) is 9.42. The number of nitro groups is 1. The van der Waals surface area contributed by atoms with Crippen molar-refractivity contribution in [1.82, 2.24) is 10.2 Å². The minimum Gasteiger partial charge on any atom is -0.352 e. The molecule has 0 radical (unpaired) electrons. The van der Waals surface area contributed by atoms with E-state index in [1.165, 1.54) is 41.3 Å². The first-order chi connectivity index (χ1) is 18.4. The third-order valence-corrected chi connectivity index (χ3v) is 7.82. The Morgan fingerprint density at radius 2 is 1.51 bits per heavy atom. The molecule has 1 N–H and O–H groups in total. The maximum atomic E-state index is 13.8. The molecule has 0 fully saturated rings. The fourth-order valence-corrected chi connectivity index (χ4v) is 5.30. The number of hydrogen-bond acceptors (Lipinski definition) is 6. The van der Waals surface area contributed by atoms with Gasteiger partial charge in [-0.15, -0.1) is 0 Å². The second-order valence-corrected chi connectivity index (χ2v) is 11.3. The summed E-state index contributed by atoms with van der Waals surface area (Å²) in [5, 5.41) is 14.0. The number of sulfonamides is 1. The number of nitrogens with zero attached hydrogens (tertiary/aromatic N) is 3. The highest BCUT2D eigenvalue weighted by atomic mass is 32.2. The van der Waals surface area contributed by atoms with Crippen molar-refractivity contribution >= 4 is 33.2 Å². The number of nitrogens with one attached hydrogen (secondary N) is 1. The van der Waals surface area contributed by atoms with E-state index < -0.39 is 33.4 Å². The number of rotatable bonds is 11. The number of benzene rings is 3. The maximum absolute atomic E-state index is 13.8. The van der Waals surface area contributed by atoms with Gasteiger partial charge in [0.2, 0.25) is 11.8 Å². The highest BCUT2D eigenvalue weighted by molar-refractivity contribution is 7.92. The van der Waals surface area contributed by atoms with E-state index in [4.69, 9.17) is 0 Å². The molecule has 3 aromatic carbocycles. The smallest absolute Gasteiger partial charge is 0.269 e. The highest BCUT2D eigenvalue weighted by Gasteiger charge is 2.32. The van der Waals surface area contributed by atoms with Gasteiger partial charge < -0.3 is 10.2 Å². The second-order valence-electron chi connectivity index (χ2n) is 9.44. The molecule has 0 unspecified atom stereocenters. The van der Waals surface area contributed by atoms with Crippen molar-refractivity contribution < 1.29 is 22.9 Å². The molecule has 0 aromatic heterocycles. The van der Waals surface area contributed by atoms with Gasteiger partial charge in [-0.05, 0) is 57.5 Å². The molecule has 0 spiro atoms. The summed E-state index contributed by atoms with van der Waals surface area (Å²) in [4.78, 5) is 38.6. The van der Waals surface area contributed by atoms with Crippen molar-refractivity contribution in [2.24, 2.45) is 0 Å². The highest BCUT2D eigenvalue weighted by Crippen LogP contribution is 2.26. The Morgan fingerprint density at radius 3 is 2.05 bits per heavy atom. The van der Waals surface area contributed by atoms with Gasteiger partial charge in [0.1, 0.15) is 12.6 Å². The van der Waals surface area contributed by atoms with Crippen LogP contribution in [-0.4, -0.2) is 48.7 Å². The fourth-order valence-electron chi connectivity index (χ4n) is 3.87. The summed E-state index contributed by atoms with van der Waals surface area (Å²) >= 11 is 0. The summed E-state index contributed by atoms with van der Waals surface area (Å²) in [6.45, 7) is 6.58. The number of carbonyl (C=O) groups is 2. The van der Waals surface area contributed by atoms with Crippen LogP contribution in [0.15, 0.2) is 83.8 Å². The SMILES string of the molecule is Cc1ccc(CN(C(=O)CN(c2ccc([N+](=O)[O-])cc2)S(=O)(=O)c2ccccc2)[C@H](C)C(=O)NC(C)C)cc1. The molecule has 3 rings (SSSR count). The molecule has 10 nitrogen and oxygen atoms in total. The summed E-state index contributed by atoms with van der Waals surface area (Å²) < 4.78 is 28.3. The average Bonchev–Trinajstić information content (AvgIpc) is 2.91. The normalized spacial score (nSPS) is 12.0. The van der Waals surface area contributed by atoms with Crippen LogP contribution < -0.4 is 9.62 Å². The van der Waals surface area contributed by atoms with Crippen molar-refractivity contribution in [2.75, 3.05) is 10.8 Å². The maximum Gasteiger partial charge on any atom is 0.269 e. The first-order valence-electron chi connectivity index (χ1n) is 12.4. The minimum absolute atomic E-state index is 0.0492. The van der Waals surface area contributed by atoms with Gasteiger partial charge in [0.25, 0.3) is 15.7 Å². The van der Waals surface area contributed by atoms with E-state index in [-0.39, 0.29) is 34.8 Å². The molecule has 0 aliphatic rings. The summed E-state index contributed by atoms with van der Waals surface area (Å²) in [6.07, 6.45) is 0. The Balaban J connectivity index is 2.03. The number of anilines is 1. The van der Waals surface area contributed by atoms with Gasteiger partial charge in [0.05, 0.1) is 15.5 Å². The standard InChI is InChI=1S/C28H32N4O6S/c1-20(2)29-28(34)22(4)30(18-23-12-10-21(3)11-13-23)27(33)19-31(24-14-16-25(17-15-24)32(35)36)39(37,38)26-8-6-5-7-9-26/h5-17,20,22H,18-19H2,1-4H3,(H,29,34)/t22-/m1/s1. The Morgan fingerprint density at radius 1 is 0.923 bits per heavy atom. The zero-order chi connectivity index (χ0) is 28.7. The van der Waals surface area contributed by atoms with Crippen LogP contribution in [0.1, 0.15) is 31.9 Å². The predicted octanol–water partition coefficient (Wildman–Crippen LogP) is 4.04. The lowest BCUT2D eigenvalue weighted by Crippen LogP contribution is -2.52. The van der Waals surface area contributed by atoms with Crippen LogP contribution in [0.5, 0.6) is 0 Å². The number of nitro benzene ring substituents is 1. The molecule has 11 heteroatoms. The van der Waals surface area contributed by atoms with Crippen LogP contribution in [0.25, 0.3) is 0 Å². The lowest BCUT2D eigenvalue weighted by Gasteiger charge is -2.32. The third kappa shape index (κ3) is 7.41. The lowest BCUT2D eigenvalue weighted by atomic mass is 10.1. The first kappa shape index (κ1) is 29.3. The van der Waals surface area contributed by atoms with Crippen LogP contribution in [0.4, 0.5) is 11.4 Å². The molecule has 0 saturated carbocycles. The Bertz CT molecular complexity index is 1410. The largest absolute Gasteiger partial charge is 0.352 e. The first-order valence-corrected chi connectivity index (χ1v) is 13.8. The van der Waals surface area contributed by atoms with Gasteiger partial charge in [-0.2, -0.15) is 0 Å². The average molecular weight is 553 g/mol. The monoisotopic (exact) mass is 552 g/mol. The molecule has 2 amide bonds. The van der Waals surface area contributed by atoms with Crippen LogP contribution in [0, 0.1) is 17.0 Å². The zero-order valence-electron chi connectivity index (χ0n) is 22.3. The molecular weight excluding hydrogens is 520 g/mol. The third-order valence-electron chi connectivity index (χ3n) is 6.03. The Labute approximate surface area is 228 Å². The van der Waals surface area contributed by atoms with E-state index in [0.717, 1.165) is 15.4 Å². The summed E-state index contributed by atoms with van der Waals surface area (Å²) in [7, 11) is -4.24. The molecule has 0 heterocycles. The van der Waals surface area contributed by atoms with E-state index in [1.54, 1.807) is 39.0 Å². The predicted molar refractivity (Wildman–Crippen MR) is 149 cm³/mol. The van der Waals surface area contributed by atoms with Gasteiger partial charge in [0.15, 0.2) is 0 Å². The van der Waals surface area contributed by atoms with Crippen molar-refractivity contribution in [2.45, 2.75) is 51.2 Å². The molecule has 1 atom stereocenters.